The lowest BCUT2D eigenvalue weighted by Crippen LogP contribution is -2.37. The fourth-order valence-corrected chi connectivity index (χ4v) is 3.05. The Kier molecular flexibility index (Phi) is 4.30. The van der Waals surface area contributed by atoms with Crippen LogP contribution in [0.1, 0.15) is 24.4 Å². The van der Waals surface area contributed by atoms with Gasteiger partial charge in [0, 0.05) is 19.4 Å². The summed E-state index contributed by atoms with van der Waals surface area (Å²) in [5, 5.41) is 0. The second-order valence-corrected chi connectivity index (χ2v) is 5.56. The second-order valence-electron chi connectivity index (χ2n) is 5.56. The van der Waals surface area contributed by atoms with Crippen LogP contribution in [0, 0.1) is 0 Å². The number of nitrogens with one attached hydrogen (secondary N) is 1. The molecule has 1 aliphatic heterocycles. The molecule has 23 heavy (non-hydrogen) atoms. The van der Waals surface area contributed by atoms with Gasteiger partial charge in [0.2, 0.25) is 0 Å². The van der Waals surface area contributed by atoms with Gasteiger partial charge in [-0.1, -0.05) is 30.3 Å². The van der Waals surface area contributed by atoms with Crippen molar-refractivity contribution in [3.05, 3.63) is 54.4 Å². The third kappa shape index (κ3) is 2.92. The van der Waals surface area contributed by atoms with Crippen LogP contribution < -0.4 is 4.90 Å². The number of halogens is 1. The van der Waals surface area contributed by atoms with Crippen LogP contribution >= 0.6 is 12.4 Å². The predicted molar refractivity (Wildman–Crippen MR) is 91.9 cm³/mol. The molecule has 2 aromatic heterocycles. The molecule has 1 aromatic carbocycles. The van der Waals surface area contributed by atoms with E-state index < -0.39 is 0 Å². The lowest BCUT2D eigenvalue weighted by molar-refractivity contribution is -0.120. The van der Waals surface area contributed by atoms with Crippen molar-refractivity contribution in [2.24, 2.45) is 0 Å². The summed E-state index contributed by atoms with van der Waals surface area (Å²) >= 11 is 0. The first-order valence-electron chi connectivity index (χ1n) is 7.45. The number of benzene rings is 1. The van der Waals surface area contributed by atoms with Gasteiger partial charge in [0.05, 0.1) is 17.9 Å². The monoisotopic (exact) mass is 328 g/mol. The number of ketones is 1. The number of hydrogen-bond acceptors (Lipinski definition) is 4. The molecule has 0 aliphatic carbocycles. The zero-order valence-corrected chi connectivity index (χ0v) is 13.3. The van der Waals surface area contributed by atoms with Crippen molar-refractivity contribution in [2.75, 3.05) is 11.4 Å². The van der Waals surface area contributed by atoms with E-state index in [4.69, 9.17) is 0 Å². The minimum Gasteiger partial charge on any atom is -0.349 e. The van der Waals surface area contributed by atoms with Crippen LogP contribution in [0.4, 0.5) is 5.82 Å². The van der Waals surface area contributed by atoms with E-state index in [1.54, 1.807) is 6.33 Å². The summed E-state index contributed by atoms with van der Waals surface area (Å²) in [6.07, 6.45) is 2.75. The number of imidazole rings is 1. The molecular formula is C17H17ClN4O. The number of aromatic nitrogens is 3. The van der Waals surface area contributed by atoms with Crippen LogP contribution in [-0.2, 0) is 4.79 Å². The Hall–Kier alpha value is -2.40. The fourth-order valence-electron chi connectivity index (χ4n) is 3.05. The molecule has 0 spiro atoms. The summed E-state index contributed by atoms with van der Waals surface area (Å²) in [5.74, 6) is 1.19. The largest absolute Gasteiger partial charge is 0.349 e. The molecule has 1 fully saturated rings. The number of fused-ring (bicyclic) bond motifs is 1. The van der Waals surface area contributed by atoms with E-state index in [0.29, 0.717) is 30.8 Å². The molecule has 1 aliphatic rings. The zero-order chi connectivity index (χ0) is 14.9. The summed E-state index contributed by atoms with van der Waals surface area (Å²) in [5.41, 5.74) is 2.79. The first-order chi connectivity index (χ1) is 10.8. The molecule has 0 saturated carbocycles. The molecule has 118 valence electrons. The Morgan fingerprint density at radius 2 is 1.96 bits per heavy atom. The van der Waals surface area contributed by atoms with Crippen LogP contribution in [0.2, 0.25) is 0 Å². The molecule has 6 heteroatoms. The van der Waals surface area contributed by atoms with Gasteiger partial charge in [-0.3, -0.25) is 4.79 Å². The SMILES string of the molecule is Cl.O=C1CCN(c2ccc3[nH]cnc3n2)C(c2ccccc2)C1. The number of hydrogen-bond donors (Lipinski definition) is 1. The Morgan fingerprint density at radius 3 is 2.78 bits per heavy atom. The number of aromatic amines is 1. The van der Waals surface area contributed by atoms with E-state index in [1.165, 1.54) is 0 Å². The first-order valence-corrected chi connectivity index (χ1v) is 7.45. The Morgan fingerprint density at radius 1 is 1.13 bits per heavy atom. The summed E-state index contributed by atoms with van der Waals surface area (Å²) < 4.78 is 0. The van der Waals surface area contributed by atoms with Crippen LogP contribution in [0.5, 0.6) is 0 Å². The molecule has 0 bridgehead atoms. The average molecular weight is 329 g/mol. The number of carbonyl (C=O) groups is 1. The molecule has 1 saturated heterocycles. The number of H-pyrrole nitrogens is 1. The minimum atomic E-state index is 0. The molecule has 3 aromatic rings. The quantitative estimate of drug-likeness (QED) is 0.784. The van der Waals surface area contributed by atoms with Crippen molar-refractivity contribution in [1.82, 2.24) is 15.0 Å². The minimum absolute atomic E-state index is 0. The molecular weight excluding hydrogens is 312 g/mol. The lowest BCUT2D eigenvalue weighted by Gasteiger charge is -2.36. The van der Waals surface area contributed by atoms with Crippen molar-refractivity contribution in [1.29, 1.82) is 0 Å². The number of nitrogens with zero attached hydrogens (tertiary/aromatic N) is 3. The second kappa shape index (κ2) is 6.38. The van der Waals surface area contributed by atoms with Crippen LogP contribution in [-0.4, -0.2) is 27.3 Å². The van der Waals surface area contributed by atoms with Gasteiger partial charge in [-0.05, 0) is 17.7 Å². The van der Waals surface area contributed by atoms with E-state index in [0.717, 1.165) is 16.9 Å². The van der Waals surface area contributed by atoms with Gasteiger partial charge in [-0.25, -0.2) is 9.97 Å². The van der Waals surface area contributed by atoms with Gasteiger partial charge >= 0.3 is 0 Å². The molecule has 4 rings (SSSR count). The summed E-state index contributed by atoms with van der Waals surface area (Å²) in [7, 11) is 0. The highest BCUT2D eigenvalue weighted by atomic mass is 35.5. The van der Waals surface area contributed by atoms with Gasteiger partial charge in [0.25, 0.3) is 0 Å². The first kappa shape index (κ1) is 15.5. The Labute approximate surface area is 140 Å². The van der Waals surface area contributed by atoms with Crippen molar-refractivity contribution in [3.63, 3.8) is 0 Å². The molecule has 1 unspecified atom stereocenters. The van der Waals surface area contributed by atoms with Gasteiger partial charge in [0.15, 0.2) is 5.65 Å². The number of carbonyl (C=O) groups excluding carboxylic acids is 1. The molecule has 0 amide bonds. The Bertz CT molecular complexity index is 818. The number of Topliss-reactive ketones (excluding diaryl/α,β-unsaturated/α-hetero) is 1. The highest BCUT2D eigenvalue weighted by Crippen LogP contribution is 2.33. The highest BCUT2D eigenvalue weighted by Gasteiger charge is 2.29. The molecule has 1 N–H and O–H groups in total. The smallest absolute Gasteiger partial charge is 0.179 e. The molecule has 0 radical (unpaired) electrons. The van der Waals surface area contributed by atoms with Crippen molar-refractivity contribution < 1.29 is 4.79 Å². The van der Waals surface area contributed by atoms with Crippen molar-refractivity contribution >= 4 is 35.2 Å². The normalized spacial score (nSPS) is 18.0. The third-order valence-corrected chi connectivity index (χ3v) is 4.17. The van der Waals surface area contributed by atoms with Crippen LogP contribution in [0.3, 0.4) is 0 Å². The van der Waals surface area contributed by atoms with E-state index in [9.17, 15) is 4.79 Å². The van der Waals surface area contributed by atoms with Gasteiger partial charge in [0.1, 0.15) is 11.6 Å². The Balaban J connectivity index is 0.00000156. The highest BCUT2D eigenvalue weighted by molar-refractivity contribution is 5.85. The number of rotatable bonds is 2. The van der Waals surface area contributed by atoms with E-state index >= 15 is 0 Å². The number of piperidine rings is 1. The standard InChI is InChI=1S/C17H16N4O.ClH/c22-13-8-9-21(15(10-13)12-4-2-1-3-5-12)16-7-6-14-17(20-16)19-11-18-14;/h1-7,11,15H,8-10H2,(H,18,19,20);1H. The van der Waals surface area contributed by atoms with Gasteiger partial charge in [-0.2, -0.15) is 0 Å². The summed E-state index contributed by atoms with van der Waals surface area (Å²) in [4.78, 5) is 26.1. The van der Waals surface area contributed by atoms with E-state index in [1.807, 2.05) is 30.3 Å². The number of anilines is 1. The summed E-state index contributed by atoms with van der Waals surface area (Å²) in [6, 6.07) is 14.2. The van der Waals surface area contributed by atoms with Crippen LogP contribution in [0.25, 0.3) is 11.2 Å². The van der Waals surface area contributed by atoms with Gasteiger partial charge < -0.3 is 9.88 Å². The number of pyridine rings is 1. The van der Waals surface area contributed by atoms with E-state index in [-0.39, 0.29) is 18.4 Å². The molecule has 5 nitrogen and oxygen atoms in total. The third-order valence-electron chi connectivity index (χ3n) is 4.17. The molecule has 3 heterocycles. The van der Waals surface area contributed by atoms with E-state index in [2.05, 4.69) is 32.0 Å². The van der Waals surface area contributed by atoms with Gasteiger partial charge in [-0.15, -0.1) is 12.4 Å². The average Bonchev–Trinajstić information content (AvgIpc) is 3.03. The maximum Gasteiger partial charge on any atom is 0.179 e. The van der Waals surface area contributed by atoms with Crippen molar-refractivity contribution in [2.45, 2.75) is 18.9 Å². The maximum atomic E-state index is 11.9. The maximum absolute atomic E-state index is 11.9. The summed E-state index contributed by atoms with van der Waals surface area (Å²) in [6.45, 7) is 0.696. The molecule has 1 atom stereocenters. The zero-order valence-electron chi connectivity index (χ0n) is 12.5. The van der Waals surface area contributed by atoms with Crippen molar-refractivity contribution in [3.8, 4) is 0 Å². The fraction of sp³-hybridized carbons (Fsp3) is 0.235. The predicted octanol–water partition coefficient (Wildman–Crippen LogP) is 3.29. The topological polar surface area (TPSA) is 61.9 Å². The van der Waals surface area contributed by atoms with Crippen LogP contribution in [0.15, 0.2) is 48.8 Å². The lowest BCUT2D eigenvalue weighted by atomic mass is 9.94.